The fraction of sp³-hybridized carbons (Fsp3) is 0.600. The highest BCUT2D eigenvalue weighted by atomic mass is 15.3. The fourth-order valence-corrected chi connectivity index (χ4v) is 2.48. The summed E-state index contributed by atoms with van der Waals surface area (Å²) in [7, 11) is 0. The number of rotatable bonds is 9. The number of nitrogens with zero attached hydrogens (tertiary/aromatic N) is 4. The van der Waals surface area contributed by atoms with E-state index in [0.29, 0.717) is 17.7 Å². The highest BCUT2D eigenvalue weighted by molar-refractivity contribution is 5.52. The van der Waals surface area contributed by atoms with E-state index >= 15 is 0 Å². The Morgan fingerprint density at radius 2 is 1.87 bits per heavy atom. The molecule has 0 saturated heterocycles. The van der Waals surface area contributed by atoms with Crippen LogP contribution in [-0.4, -0.2) is 25.1 Å². The lowest BCUT2D eigenvalue weighted by molar-refractivity contribution is 0.653. The van der Waals surface area contributed by atoms with Crippen LogP contribution >= 0.6 is 0 Å². The Kier molecular flexibility index (Phi) is 6.28. The number of unbranched alkanes of at least 4 members (excludes halogenated alkanes) is 3. The molecule has 0 unspecified atom stereocenters. The minimum atomic E-state index is 0.434. The molecule has 0 radical (unpaired) electrons. The maximum atomic E-state index is 5.54. The number of hydrogen-bond donors (Lipinski definition) is 4. The number of anilines is 3. The number of aromatic nitrogens is 5. The lowest BCUT2D eigenvalue weighted by atomic mass is 10.1. The van der Waals surface area contributed by atoms with Crippen molar-refractivity contribution in [2.75, 3.05) is 10.7 Å². The average Bonchev–Trinajstić information content (AvgIpc) is 2.98. The molecular weight excluding hydrogens is 292 g/mol. The molecule has 0 saturated carbocycles. The van der Waals surface area contributed by atoms with Gasteiger partial charge in [-0.15, -0.1) is 5.10 Å². The zero-order chi connectivity index (χ0) is 16.7. The highest BCUT2D eigenvalue weighted by Gasteiger charge is 2.11. The van der Waals surface area contributed by atoms with E-state index in [2.05, 4.69) is 42.8 Å². The van der Waals surface area contributed by atoms with E-state index in [1.807, 2.05) is 13.8 Å². The van der Waals surface area contributed by atoms with Gasteiger partial charge >= 0.3 is 0 Å². The number of nitrogen functional groups attached to an aromatic ring is 1. The predicted molar refractivity (Wildman–Crippen MR) is 91.5 cm³/mol. The number of nitrogens with one attached hydrogen (secondary N) is 3. The van der Waals surface area contributed by atoms with E-state index in [9.17, 15) is 0 Å². The molecule has 0 bridgehead atoms. The van der Waals surface area contributed by atoms with Crippen LogP contribution in [0.5, 0.6) is 0 Å². The second kappa shape index (κ2) is 8.42. The lowest BCUT2D eigenvalue weighted by Crippen LogP contribution is -2.14. The summed E-state index contributed by atoms with van der Waals surface area (Å²) in [5.74, 6) is 7.94. The first kappa shape index (κ1) is 17.1. The maximum absolute atomic E-state index is 5.54. The summed E-state index contributed by atoms with van der Waals surface area (Å²) in [5.41, 5.74) is 4.51. The standard InChI is InChI=1S/C15H26N8/c1-4-6-7-8-9-12-18-15(23-22-12)20-14-17-10(3)11(5-2)13(19-14)21-16/h4-9,16H2,1-3H3,(H3,17,18,19,20,21,22,23). The first-order valence-electron chi connectivity index (χ1n) is 8.20. The van der Waals surface area contributed by atoms with Crippen LogP contribution < -0.4 is 16.6 Å². The smallest absolute Gasteiger partial charge is 0.248 e. The normalized spacial score (nSPS) is 10.8. The average molecular weight is 318 g/mol. The molecule has 0 atom stereocenters. The van der Waals surface area contributed by atoms with Gasteiger partial charge in [-0.25, -0.2) is 10.8 Å². The van der Waals surface area contributed by atoms with Gasteiger partial charge in [-0.05, 0) is 19.8 Å². The minimum Gasteiger partial charge on any atom is -0.308 e. The number of nitrogens with two attached hydrogens (primary N) is 1. The molecular formula is C15H26N8. The number of aryl methyl sites for hydroxylation is 2. The van der Waals surface area contributed by atoms with Crippen molar-refractivity contribution < 1.29 is 0 Å². The van der Waals surface area contributed by atoms with Crippen LogP contribution in [0.25, 0.3) is 0 Å². The van der Waals surface area contributed by atoms with Crippen LogP contribution in [0.2, 0.25) is 0 Å². The van der Waals surface area contributed by atoms with E-state index in [0.717, 1.165) is 36.3 Å². The van der Waals surface area contributed by atoms with Crippen LogP contribution in [0.4, 0.5) is 17.7 Å². The second-order valence-corrected chi connectivity index (χ2v) is 5.50. The van der Waals surface area contributed by atoms with Crippen molar-refractivity contribution in [1.82, 2.24) is 25.1 Å². The molecule has 0 aliphatic rings. The van der Waals surface area contributed by atoms with Gasteiger partial charge < -0.3 is 5.43 Å². The number of aromatic amines is 1. The van der Waals surface area contributed by atoms with Crippen LogP contribution in [0.15, 0.2) is 0 Å². The van der Waals surface area contributed by atoms with Crippen LogP contribution in [-0.2, 0) is 12.8 Å². The molecule has 8 nitrogen and oxygen atoms in total. The van der Waals surface area contributed by atoms with Crippen molar-refractivity contribution >= 4 is 17.7 Å². The Morgan fingerprint density at radius 3 is 2.57 bits per heavy atom. The first-order chi connectivity index (χ1) is 11.2. The van der Waals surface area contributed by atoms with Gasteiger partial charge in [-0.1, -0.05) is 33.1 Å². The van der Waals surface area contributed by atoms with Gasteiger partial charge in [0.25, 0.3) is 0 Å². The molecule has 0 aromatic carbocycles. The molecule has 0 spiro atoms. The highest BCUT2D eigenvalue weighted by Crippen LogP contribution is 2.19. The summed E-state index contributed by atoms with van der Waals surface area (Å²) in [5, 5.41) is 10.1. The Hall–Kier alpha value is -2.22. The first-order valence-corrected chi connectivity index (χ1v) is 8.20. The second-order valence-electron chi connectivity index (χ2n) is 5.50. The summed E-state index contributed by atoms with van der Waals surface area (Å²) in [6.07, 6.45) is 6.53. The van der Waals surface area contributed by atoms with Gasteiger partial charge in [0, 0.05) is 17.7 Å². The molecule has 0 fully saturated rings. The fourth-order valence-electron chi connectivity index (χ4n) is 2.48. The maximum Gasteiger partial charge on any atom is 0.248 e. The van der Waals surface area contributed by atoms with Crippen molar-refractivity contribution in [3.05, 3.63) is 17.1 Å². The van der Waals surface area contributed by atoms with Crippen LogP contribution in [0, 0.1) is 6.92 Å². The van der Waals surface area contributed by atoms with Crippen LogP contribution in [0.1, 0.15) is 56.6 Å². The molecule has 8 heteroatoms. The van der Waals surface area contributed by atoms with Gasteiger partial charge in [0.05, 0.1) is 0 Å². The molecule has 2 aromatic rings. The molecule has 23 heavy (non-hydrogen) atoms. The Balaban J connectivity index is 2.02. The molecule has 126 valence electrons. The van der Waals surface area contributed by atoms with Crippen molar-refractivity contribution in [3.8, 4) is 0 Å². The molecule has 0 amide bonds. The topological polar surface area (TPSA) is 117 Å². The van der Waals surface area contributed by atoms with E-state index in [-0.39, 0.29) is 0 Å². The zero-order valence-corrected chi connectivity index (χ0v) is 14.1. The molecule has 2 heterocycles. The molecule has 2 aromatic heterocycles. The Labute approximate surface area is 136 Å². The Bertz CT molecular complexity index is 622. The third-order valence-electron chi connectivity index (χ3n) is 3.73. The van der Waals surface area contributed by atoms with Crippen molar-refractivity contribution in [2.24, 2.45) is 5.84 Å². The van der Waals surface area contributed by atoms with Gasteiger partial charge in [-0.3, -0.25) is 10.4 Å². The molecule has 0 aliphatic heterocycles. The van der Waals surface area contributed by atoms with Gasteiger partial charge in [0.1, 0.15) is 11.6 Å². The monoisotopic (exact) mass is 318 g/mol. The predicted octanol–water partition coefficient (Wildman–Crippen LogP) is 2.62. The number of hydrogen-bond acceptors (Lipinski definition) is 7. The zero-order valence-electron chi connectivity index (χ0n) is 14.1. The number of hydrazine groups is 1. The minimum absolute atomic E-state index is 0.434. The summed E-state index contributed by atoms with van der Waals surface area (Å²) < 4.78 is 0. The molecule has 0 aliphatic carbocycles. The van der Waals surface area contributed by atoms with E-state index in [1.54, 1.807) is 0 Å². The summed E-state index contributed by atoms with van der Waals surface area (Å²) >= 11 is 0. The van der Waals surface area contributed by atoms with Gasteiger partial charge in [0.15, 0.2) is 0 Å². The third-order valence-corrected chi connectivity index (χ3v) is 3.73. The summed E-state index contributed by atoms with van der Waals surface area (Å²) in [6, 6.07) is 0. The quantitative estimate of drug-likeness (QED) is 0.319. The van der Waals surface area contributed by atoms with E-state index in [1.165, 1.54) is 19.3 Å². The van der Waals surface area contributed by atoms with Crippen molar-refractivity contribution in [2.45, 2.75) is 59.3 Å². The van der Waals surface area contributed by atoms with E-state index < -0.39 is 0 Å². The van der Waals surface area contributed by atoms with Crippen molar-refractivity contribution in [3.63, 3.8) is 0 Å². The SMILES string of the molecule is CCCCCCc1nc(Nc2nc(C)c(CC)c(NN)n2)n[nH]1. The lowest BCUT2D eigenvalue weighted by Gasteiger charge is -2.10. The number of H-pyrrole nitrogens is 1. The van der Waals surface area contributed by atoms with Crippen molar-refractivity contribution in [1.29, 1.82) is 0 Å². The van der Waals surface area contributed by atoms with E-state index in [4.69, 9.17) is 5.84 Å². The van der Waals surface area contributed by atoms with Crippen LogP contribution in [0.3, 0.4) is 0 Å². The third kappa shape index (κ3) is 4.62. The largest absolute Gasteiger partial charge is 0.308 e. The molecule has 5 N–H and O–H groups in total. The summed E-state index contributed by atoms with van der Waals surface area (Å²) in [4.78, 5) is 13.2. The summed E-state index contributed by atoms with van der Waals surface area (Å²) in [6.45, 7) is 6.18. The molecule has 2 rings (SSSR count). The van der Waals surface area contributed by atoms with Gasteiger partial charge in [0.2, 0.25) is 11.9 Å². The van der Waals surface area contributed by atoms with Gasteiger partial charge in [-0.2, -0.15) is 9.97 Å². The Morgan fingerprint density at radius 1 is 1.04 bits per heavy atom.